The highest BCUT2D eigenvalue weighted by Gasteiger charge is 2.13. The minimum atomic E-state index is -0.0543. The van der Waals surface area contributed by atoms with Gasteiger partial charge in [0.25, 0.3) is 0 Å². The Hall–Kier alpha value is -2.60. The smallest absolute Gasteiger partial charge is 0.234 e. The van der Waals surface area contributed by atoms with Crippen molar-refractivity contribution >= 4 is 23.4 Å². The second kappa shape index (κ2) is 9.06. The summed E-state index contributed by atoms with van der Waals surface area (Å²) in [7, 11) is 1.92. The van der Waals surface area contributed by atoms with Gasteiger partial charge in [0.1, 0.15) is 0 Å². The third-order valence-electron chi connectivity index (χ3n) is 4.82. The van der Waals surface area contributed by atoms with Gasteiger partial charge in [-0.2, -0.15) is 0 Å². The van der Waals surface area contributed by atoms with E-state index < -0.39 is 0 Å². The molecule has 146 valence electrons. The SMILES string of the molecule is CC[C@H](C)c1ccc(NC(=O)CSc2nnc(-c3cccc(C)c3)n2C)cc1. The van der Waals surface area contributed by atoms with E-state index in [4.69, 9.17) is 0 Å². The van der Waals surface area contributed by atoms with Gasteiger partial charge in [0.05, 0.1) is 5.75 Å². The number of anilines is 1. The first-order valence-electron chi connectivity index (χ1n) is 9.47. The Morgan fingerprint density at radius 1 is 1.18 bits per heavy atom. The molecule has 0 aliphatic rings. The molecular weight excluding hydrogens is 368 g/mol. The van der Waals surface area contributed by atoms with Crippen LogP contribution in [0.2, 0.25) is 0 Å². The van der Waals surface area contributed by atoms with E-state index in [-0.39, 0.29) is 11.7 Å². The van der Waals surface area contributed by atoms with Crippen LogP contribution in [-0.4, -0.2) is 26.4 Å². The Morgan fingerprint density at radius 3 is 2.61 bits per heavy atom. The van der Waals surface area contributed by atoms with Crippen molar-refractivity contribution in [3.63, 3.8) is 0 Å². The molecule has 28 heavy (non-hydrogen) atoms. The molecule has 0 unspecified atom stereocenters. The maximum Gasteiger partial charge on any atom is 0.234 e. The Kier molecular flexibility index (Phi) is 6.52. The molecule has 0 radical (unpaired) electrons. The molecule has 1 amide bonds. The molecule has 1 heterocycles. The van der Waals surface area contributed by atoms with Gasteiger partial charge in [0.15, 0.2) is 11.0 Å². The van der Waals surface area contributed by atoms with Gasteiger partial charge >= 0.3 is 0 Å². The Balaban J connectivity index is 1.59. The van der Waals surface area contributed by atoms with Crippen LogP contribution >= 0.6 is 11.8 Å². The Morgan fingerprint density at radius 2 is 1.93 bits per heavy atom. The first-order valence-corrected chi connectivity index (χ1v) is 10.5. The van der Waals surface area contributed by atoms with Crippen LogP contribution in [0.15, 0.2) is 53.7 Å². The van der Waals surface area contributed by atoms with Crippen LogP contribution in [0.1, 0.15) is 37.3 Å². The van der Waals surface area contributed by atoms with Gasteiger partial charge in [0, 0.05) is 18.3 Å². The predicted octanol–water partition coefficient (Wildman–Crippen LogP) is 5.03. The lowest BCUT2D eigenvalue weighted by molar-refractivity contribution is -0.113. The van der Waals surface area contributed by atoms with E-state index in [1.165, 1.54) is 22.9 Å². The highest BCUT2D eigenvalue weighted by Crippen LogP contribution is 2.24. The summed E-state index contributed by atoms with van der Waals surface area (Å²) in [6.07, 6.45) is 1.10. The van der Waals surface area contributed by atoms with Crippen molar-refractivity contribution in [2.24, 2.45) is 7.05 Å². The van der Waals surface area contributed by atoms with Crippen molar-refractivity contribution in [2.75, 3.05) is 11.1 Å². The standard InChI is InChI=1S/C22H26N4OS/c1-5-16(3)17-9-11-19(12-10-17)23-20(27)14-28-22-25-24-21(26(22)4)18-8-6-7-15(2)13-18/h6-13,16H,5,14H2,1-4H3,(H,23,27)/t16-/m0/s1. The zero-order chi connectivity index (χ0) is 20.1. The molecule has 0 spiro atoms. The summed E-state index contributed by atoms with van der Waals surface area (Å²) in [6.45, 7) is 6.43. The number of carbonyl (C=O) groups is 1. The molecule has 1 atom stereocenters. The summed E-state index contributed by atoms with van der Waals surface area (Å²) in [5.41, 5.74) is 4.30. The van der Waals surface area contributed by atoms with Crippen LogP contribution in [-0.2, 0) is 11.8 Å². The minimum Gasteiger partial charge on any atom is -0.325 e. The number of hydrogen-bond donors (Lipinski definition) is 1. The van der Waals surface area contributed by atoms with Crippen LogP contribution in [0.3, 0.4) is 0 Å². The number of nitrogens with one attached hydrogen (secondary N) is 1. The first kappa shape index (κ1) is 20.1. The van der Waals surface area contributed by atoms with E-state index in [1.807, 2.05) is 35.9 Å². The molecule has 6 heteroatoms. The summed E-state index contributed by atoms with van der Waals surface area (Å²) in [4.78, 5) is 12.3. The molecule has 0 saturated carbocycles. The quantitative estimate of drug-likeness (QED) is 0.571. The average Bonchev–Trinajstić information content (AvgIpc) is 3.07. The zero-order valence-electron chi connectivity index (χ0n) is 16.8. The fraction of sp³-hybridized carbons (Fsp3) is 0.318. The third-order valence-corrected chi connectivity index (χ3v) is 5.84. The van der Waals surface area contributed by atoms with Crippen molar-refractivity contribution in [1.29, 1.82) is 0 Å². The first-order chi connectivity index (χ1) is 13.5. The highest BCUT2D eigenvalue weighted by atomic mass is 32.2. The predicted molar refractivity (Wildman–Crippen MR) is 116 cm³/mol. The lowest BCUT2D eigenvalue weighted by Crippen LogP contribution is -2.14. The van der Waals surface area contributed by atoms with Crippen molar-refractivity contribution in [2.45, 2.75) is 38.3 Å². The number of amides is 1. The second-order valence-corrected chi connectivity index (χ2v) is 7.95. The summed E-state index contributed by atoms with van der Waals surface area (Å²) in [5, 5.41) is 12.2. The largest absolute Gasteiger partial charge is 0.325 e. The molecule has 1 N–H and O–H groups in total. The average molecular weight is 395 g/mol. The number of rotatable bonds is 7. The normalized spacial score (nSPS) is 12.0. The number of hydrogen-bond acceptors (Lipinski definition) is 4. The number of aryl methyl sites for hydroxylation is 1. The van der Waals surface area contributed by atoms with E-state index in [2.05, 4.69) is 60.6 Å². The van der Waals surface area contributed by atoms with E-state index in [1.54, 1.807) is 0 Å². The van der Waals surface area contributed by atoms with E-state index in [9.17, 15) is 4.79 Å². The molecule has 0 saturated heterocycles. The van der Waals surface area contributed by atoms with Crippen molar-refractivity contribution in [3.05, 3.63) is 59.7 Å². The molecule has 1 aromatic heterocycles. The summed E-state index contributed by atoms with van der Waals surface area (Å²) < 4.78 is 1.92. The second-order valence-electron chi connectivity index (χ2n) is 7.00. The Labute approximate surface area is 170 Å². The maximum atomic E-state index is 12.3. The lowest BCUT2D eigenvalue weighted by Gasteiger charge is -2.10. The van der Waals surface area contributed by atoms with Crippen molar-refractivity contribution < 1.29 is 4.79 Å². The molecule has 0 bridgehead atoms. The monoisotopic (exact) mass is 394 g/mol. The third kappa shape index (κ3) is 4.81. The molecular formula is C22H26N4OS. The number of thioether (sulfide) groups is 1. The van der Waals surface area contributed by atoms with Gasteiger partial charge in [-0.15, -0.1) is 10.2 Å². The zero-order valence-corrected chi connectivity index (χ0v) is 17.6. The van der Waals surface area contributed by atoms with Gasteiger partial charge in [0.2, 0.25) is 5.91 Å². The van der Waals surface area contributed by atoms with Gasteiger partial charge in [-0.25, -0.2) is 0 Å². The highest BCUT2D eigenvalue weighted by molar-refractivity contribution is 7.99. The summed E-state index contributed by atoms with van der Waals surface area (Å²) in [5.74, 6) is 1.56. The lowest BCUT2D eigenvalue weighted by atomic mass is 9.99. The molecule has 0 fully saturated rings. The van der Waals surface area contributed by atoms with E-state index >= 15 is 0 Å². The van der Waals surface area contributed by atoms with Crippen LogP contribution < -0.4 is 5.32 Å². The number of benzene rings is 2. The molecule has 0 aliphatic heterocycles. The molecule has 2 aromatic carbocycles. The van der Waals surface area contributed by atoms with Gasteiger partial charge in [-0.05, 0) is 43.0 Å². The topological polar surface area (TPSA) is 59.8 Å². The molecule has 3 aromatic rings. The van der Waals surface area contributed by atoms with Gasteiger partial charge < -0.3 is 9.88 Å². The number of nitrogens with zero attached hydrogens (tertiary/aromatic N) is 3. The van der Waals surface area contributed by atoms with Crippen LogP contribution in [0.4, 0.5) is 5.69 Å². The summed E-state index contributed by atoms with van der Waals surface area (Å²) in [6, 6.07) is 16.2. The minimum absolute atomic E-state index is 0.0543. The summed E-state index contributed by atoms with van der Waals surface area (Å²) >= 11 is 1.38. The molecule has 3 rings (SSSR count). The maximum absolute atomic E-state index is 12.3. The number of aromatic nitrogens is 3. The van der Waals surface area contributed by atoms with Crippen LogP contribution in [0, 0.1) is 6.92 Å². The van der Waals surface area contributed by atoms with Gasteiger partial charge in [-0.3, -0.25) is 4.79 Å². The fourth-order valence-corrected chi connectivity index (χ4v) is 3.65. The molecule has 5 nitrogen and oxygen atoms in total. The van der Waals surface area contributed by atoms with E-state index in [0.29, 0.717) is 5.92 Å². The Bertz CT molecular complexity index is 949. The van der Waals surface area contributed by atoms with Crippen LogP contribution in [0.25, 0.3) is 11.4 Å². The fourth-order valence-electron chi connectivity index (χ4n) is 2.93. The van der Waals surface area contributed by atoms with Crippen molar-refractivity contribution in [3.8, 4) is 11.4 Å². The molecule has 0 aliphatic carbocycles. The van der Waals surface area contributed by atoms with Crippen molar-refractivity contribution in [1.82, 2.24) is 14.8 Å². The van der Waals surface area contributed by atoms with Gasteiger partial charge in [-0.1, -0.05) is 61.5 Å². The number of carbonyl (C=O) groups excluding carboxylic acids is 1. The van der Waals surface area contributed by atoms with Crippen LogP contribution in [0.5, 0.6) is 0 Å². The van der Waals surface area contributed by atoms with E-state index in [0.717, 1.165) is 28.7 Å².